The van der Waals surface area contributed by atoms with E-state index in [1.165, 1.54) is 4.90 Å². The van der Waals surface area contributed by atoms with Gasteiger partial charge in [0.05, 0.1) is 24.5 Å². The zero-order valence-electron chi connectivity index (χ0n) is 18.1. The van der Waals surface area contributed by atoms with Crippen LogP contribution in [0.25, 0.3) is 0 Å². The zero-order valence-corrected chi connectivity index (χ0v) is 18.1. The molecule has 9 heteroatoms. The van der Waals surface area contributed by atoms with Gasteiger partial charge in [-0.2, -0.15) is 0 Å². The highest BCUT2D eigenvalue weighted by Gasteiger charge is 2.71. The Kier molecular flexibility index (Phi) is 4.15. The molecule has 9 nitrogen and oxygen atoms in total. The van der Waals surface area contributed by atoms with Crippen LogP contribution in [0.5, 0.6) is 11.5 Å². The van der Waals surface area contributed by atoms with E-state index in [-0.39, 0.29) is 19.2 Å². The van der Waals surface area contributed by atoms with Gasteiger partial charge in [0, 0.05) is 17.3 Å². The summed E-state index contributed by atoms with van der Waals surface area (Å²) >= 11 is 0. The van der Waals surface area contributed by atoms with Crippen LogP contribution < -0.4 is 20.1 Å². The molecule has 0 bridgehead atoms. The van der Waals surface area contributed by atoms with Gasteiger partial charge in [-0.1, -0.05) is 24.3 Å². The van der Waals surface area contributed by atoms with Gasteiger partial charge in [-0.3, -0.25) is 24.6 Å². The number of para-hydroxylation sites is 1. The number of carbonyl (C=O) groups is 3. The van der Waals surface area contributed by atoms with Crippen molar-refractivity contribution >= 4 is 23.4 Å². The monoisotopic (exact) mass is 449 g/mol. The van der Waals surface area contributed by atoms with Gasteiger partial charge in [-0.15, -0.1) is 0 Å². The number of hydrogen-bond acceptors (Lipinski definition) is 7. The van der Waals surface area contributed by atoms with Crippen molar-refractivity contribution in [1.29, 1.82) is 0 Å². The normalized spacial score (nSPS) is 30.1. The largest absolute Gasteiger partial charge is 0.454 e. The van der Waals surface area contributed by atoms with Gasteiger partial charge in [0.2, 0.25) is 24.5 Å². The molecule has 4 heterocycles. The van der Waals surface area contributed by atoms with Gasteiger partial charge in [0.15, 0.2) is 11.5 Å². The third kappa shape index (κ3) is 2.57. The minimum Gasteiger partial charge on any atom is -0.454 e. The number of aryl methyl sites for hydroxylation is 1. The Bertz CT molecular complexity index is 1230. The maximum Gasteiger partial charge on any atom is 0.250 e. The van der Waals surface area contributed by atoms with E-state index in [4.69, 9.17) is 9.47 Å². The molecule has 6 rings (SSSR count). The molecule has 0 aromatic heterocycles. The first-order valence-corrected chi connectivity index (χ1v) is 10.9. The fourth-order valence-electron chi connectivity index (χ4n) is 5.76. The predicted octanol–water partition coefficient (Wildman–Crippen LogP) is 1.03. The second-order valence-corrected chi connectivity index (χ2v) is 9.12. The molecule has 0 saturated carbocycles. The van der Waals surface area contributed by atoms with E-state index >= 15 is 0 Å². The number of aliphatic hydroxyl groups is 1. The molecule has 3 amide bonds. The maximum atomic E-state index is 13.8. The third-order valence-corrected chi connectivity index (χ3v) is 7.28. The Hall–Kier alpha value is -3.43. The molecular weight excluding hydrogens is 426 g/mol. The zero-order chi connectivity index (χ0) is 23.1. The standard InChI is InChI=1S/C24H23N3O6/c1-11-4-3-5-14-19(11)25-23(31)24(14)18-17(20(26-24)12(2)28)21(29)27(22(18)30)9-13-6-7-15-16(8-13)33-10-32-15/h3-8,12,17-18,20,26,28H,9-10H2,1-2H3,(H,25,31)/t12-,17-,18-,20+,24+/m0/s1. The number of likely N-dealkylation sites (tertiary alicyclic amines) is 1. The number of fused-ring (bicyclic) bond motifs is 5. The van der Waals surface area contributed by atoms with Crippen LogP contribution in [0, 0.1) is 18.8 Å². The molecule has 4 aliphatic heterocycles. The Morgan fingerprint density at radius 3 is 2.73 bits per heavy atom. The molecule has 2 aromatic rings. The molecule has 2 aromatic carbocycles. The number of ether oxygens (including phenoxy) is 2. The second-order valence-electron chi connectivity index (χ2n) is 9.12. The van der Waals surface area contributed by atoms with Crippen molar-refractivity contribution in [3.63, 3.8) is 0 Å². The van der Waals surface area contributed by atoms with E-state index < -0.39 is 41.3 Å². The Morgan fingerprint density at radius 1 is 1.15 bits per heavy atom. The van der Waals surface area contributed by atoms with Crippen molar-refractivity contribution in [3.8, 4) is 11.5 Å². The highest BCUT2D eigenvalue weighted by Crippen LogP contribution is 2.54. The second kappa shape index (κ2) is 6.79. The molecule has 2 fully saturated rings. The smallest absolute Gasteiger partial charge is 0.250 e. The summed E-state index contributed by atoms with van der Waals surface area (Å²) < 4.78 is 10.7. The molecule has 3 N–H and O–H groups in total. The van der Waals surface area contributed by atoms with Gasteiger partial charge in [0.1, 0.15) is 5.54 Å². The van der Waals surface area contributed by atoms with Crippen LogP contribution in [0.15, 0.2) is 36.4 Å². The maximum absolute atomic E-state index is 13.8. The number of rotatable bonds is 3. The summed E-state index contributed by atoms with van der Waals surface area (Å²) in [5, 5.41) is 16.6. The molecular formula is C24H23N3O6. The number of anilines is 1. The molecule has 0 radical (unpaired) electrons. The lowest BCUT2D eigenvalue weighted by molar-refractivity contribution is -0.143. The summed E-state index contributed by atoms with van der Waals surface area (Å²) in [5.41, 5.74) is 1.45. The van der Waals surface area contributed by atoms with Crippen LogP contribution in [0.3, 0.4) is 0 Å². The summed E-state index contributed by atoms with van der Waals surface area (Å²) in [7, 11) is 0. The van der Waals surface area contributed by atoms with E-state index in [0.717, 1.165) is 5.56 Å². The summed E-state index contributed by atoms with van der Waals surface area (Å²) in [6.45, 7) is 3.62. The topological polar surface area (TPSA) is 117 Å². The molecule has 170 valence electrons. The number of carbonyl (C=O) groups excluding carboxylic acids is 3. The number of hydrogen-bond donors (Lipinski definition) is 3. The average Bonchev–Trinajstić information content (AvgIpc) is 3.51. The number of nitrogens with zero attached hydrogens (tertiary/aromatic N) is 1. The Morgan fingerprint density at radius 2 is 1.94 bits per heavy atom. The van der Waals surface area contributed by atoms with Crippen LogP contribution >= 0.6 is 0 Å². The lowest BCUT2D eigenvalue weighted by Gasteiger charge is -2.30. The Balaban J connectivity index is 1.43. The quantitative estimate of drug-likeness (QED) is 0.599. The first-order valence-electron chi connectivity index (χ1n) is 10.9. The highest BCUT2D eigenvalue weighted by atomic mass is 16.7. The van der Waals surface area contributed by atoms with E-state index in [2.05, 4.69) is 10.6 Å². The van der Waals surface area contributed by atoms with E-state index in [1.807, 2.05) is 19.1 Å². The Labute approximate surface area is 189 Å². The SMILES string of the molecule is Cc1cccc2c1NC(=O)[C@@]21N[C@H]([C@H](C)O)[C@H]2C(=O)N(Cc3ccc4c(c3)OCO4)C(=O)[C@H]21. The van der Waals surface area contributed by atoms with Crippen LogP contribution in [0.4, 0.5) is 5.69 Å². The van der Waals surface area contributed by atoms with Crippen molar-refractivity contribution in [1.82, 2.24) is 10.2 Å². The van der Waals surface area contributed by atoms with Gasteiger partial charge < -0.3 is 19.9 Å². The summed E-state index contributed by atoms with van der Waals surface area (Å²) in [6.07, 6.45) is -0.944. The van der Waals surface area contributed by atoms with Crippen molar-refractivity contribution < 1.29 is 29.0 Å². The minimum absolute atomic E-state index is 0.0478. The van der Waals surface area contributed by atoms with Crippen molar-refractivity contribution in [3.05, 3.63) is 53.1 Å². The molecule has 0 unspecified atom stereocenters. The fraction of sp³-hybridized carbons (Fsp3) is 0.375. The van der Waals surface area contributed by atoms with Crippen molar-refractivity contribution in [2.24, 2.45) is 11.8 Å². The molecule has 4 aliphatic rings. The fourth-order valence-corrected chi connectivity index (χ4v) is 5.76. The lowest BCUT2D eigenvalue weighted by Crippen LogP contribution is -2.54. The van der Waals surface area contributed by atoms with Gasteiger partial charge >= 0.3 is 0 Å². The number of aliphatic hydroxyl groups excluding tert-OH is 1. The van der Waals surface area contributed by atoms with Gasteiger partial charge in [-0.25, -0.2) is 0 Å². The molecule has 2 saturated heterocycles. The van der Waals surface area contributed by atoms with E-state index in [9.17, 15) is 19.5 Å². The number of nitrogens with one attached hydrogen (secondary N) is 2. The average molecular weight is 449 g/mol. The molecule has 33 heavy (non-hydrogen) atoms. The van der Waals surface area contributed by atoms with E-state index in [0.29, 0.717) is 28.3 Å². The minimum atomic E-state index is -1.41. The van der Waals surface area contributed by atoms with Gasteiger partial charge in [0.25, 0.3) is 0 Å². The van der Waals surface area contributed by atoms with Crippen molar-refractivity contribution in [2.45, 2.75) is 38.1 Å². The summed E-state index contributed by atoms with van der Waals surface area (Å²) in [4.78, 5) is 41.9. The number of benzene rings is 2. The van der Waals surface area contributed by atoms with Crippen LogP contribution in [0.1, 0.15) is 23.6 Å². The molecule has 5 atom stereocenters. The van der Waals surface area contributed by atoms with Gasteiger partial charge in [-0.05, 0) is 37.1 Å². The number of amides is 3. The first-order chi connectivity index (χ1) is 15.8. The third-order valence-electron chi connectivity index (χ3n) is 7.28. The van der Waals surface area contributed by atoms with Crippen molar-refractivity contribution in [2.75, 3.05) is 12.1 Å². The summed E-state index contributed by atoms with van der Waals surface area (Å²) in [6, 6.07) is 10.0. The van der Waals surface area contributed by atoms with Crippen LogP contribution in [-0.4, -0.2) is 46.7 Å². The van der Waals surface area contributed by atoms with E-state index in [1.54, 1.807) is 31.2 Å². The number of imide groups is 1. The highest BCUT2D eigenvalue weighted by molar-refractivity contribution is 6.15. The molecule has 1 spiro atoms. The van der Waals surface area contributed by atoms with Crippen LogP contribution in [-0.2, 0) is 26.5 Å². The first kappa shape index (κ1) is 20.2. The predicted molar refractivity (Wildman–Crippen MR) is 115 cm³/mol. The molecule has 0 aliphatic carbocycles. The lowest BCUT2D eigenvalue weighted by atomic mass is 9.76. The van der Waals surface area contributed by atoms with Crippen LogP contribution in [0.2, 0.25) is 0 Å². The summed E-state index contributed by atoms with van der Waals surface area (Å²) in [5.74, 6) is -1.84.